The van der Waals surface area contributed by atoms with Crippen molar-refractivity contribution in [2.45, 2.75) is 13.8 Å². The molecule has 0 radical (unpaired) electrons. The summed E-state index contributed by atoms with van der Waals surface area (Å²) in [5, 5.41) is 12.9. The van der Waals surface area contributed by atoms with Gasteiger partial charge in [-0.2, -0.15) is 5.11 Å². The molecule has 2 aromatic rings. The fourth-order valence-electron chi connectivity index (χ4n) is 1.65. The van der Waals surface area contributed by atoms with Crippen LogP contribution in [0.15, 0.2) is 39.3 Å². The molecule has 0 aliphatic rings. The van der Waals surface area contributed by atoms with E-state index in [4.69, 9.17) is 11.6 Å². The molecule has 0 unspecified atom stereocenters. The number of H-pyrrole nitrogens is 1. The average molecular weight is 322 g/mol. The van der Waals surface area contributed by atoms with E-state index in [1.54, 1.807) is 24.3 Å². The molecule has 1 amide bonds. The Morgan fingerprint density at radius 2 is 1.82 bits per heavy atom. The Hall–Kier alpha value is -2.74. The van der Waals surface area contributed by atoms with Crippen molar-refractivity contribution in [3.05, 3.63) is 39.6 Å². The summed E-state index contributed by atoms with van der Waals surface area (Å²) in [7, 11) is 0. The maximum Gasteiger partial charge on any atom is 0.294 e. The molecular weight excluding hydrogens is 310 g/mol. The Kier molecular flexibility index (Phi) is 4.52. The molecule has 2 N–H and O–H groups in total. The average Bonchev–Trinajstić information content (AvgIpc) is 2.74. The second-order valence-electron chi connectivity index (χ2n) is 4.35. The molecule has 0 saturated heterocycles. The van der Waals surface area contributed by atoms with Gasteiger partial charge in [-0.25, -0.2) is 4.68 Å². The van der Waals surface area contributed by atoms with Gasteiger partial charge >= 0.3 is 0 Å². The number of benzene rings is 1. The zero-order valence-electron chi connectivity index (χ0n) is 11.8. The standard InChI is InChI=1S/C13H12ClN5O3/c1-7(20)15-12-11(13(22)18-19(12)8(2)21)17-16-10-5-3-9(14)4-6-10/h3-6H,1-2H3,(H,15,20)(H,18,22). The quantitative estimate of drug-likeness (QED) is 0.848. The van der Waals surface area contributed by atoms with Gasteiger partial charge in [0.25, 0.3) is 5.56 Å². The second kappa shape index (κ2) is 6.35. The summed E-state index contributed by atoms with van der Waals surface area (Å²) in [4.78, 5) is 34.6. The molecule has 22 heavy (non-hydrogen) atoms. The van der Waals surface area contributed by atoms with E-state index in [2.05, 4.69) is 20.6 Å². The predicted molar refractivity (Wildman–Crippen MR) is 81.3 cm³/mol. The van der Waals surface area contributed by atoms with Crippen molar-refractivity contribution in [3.8, 4) is 0 Å². The lowest BCUT2D eigenvalue weighted by Crippen LogP contribution is -2.16. The largest absolute Gasteiger partial charge is 0.309 e. The summed E-state index contributed by atoms with van der Waals surface area (Å²) in [6, 6.07) is 6.46. The van der Waals surface area contributed by atoms with Crippen molar-refractivity contribution in [2.24, 2.45) is 10.2 Å². The first-order valence-corrected chi connectivity index (χ1v) is 6.57. The van der Waals surface area contributed by atoms with Crippen LogP contribution in [-0.4, -0.2) is 21.6 Å². The number of carbonyl (C=O) groups is 2. The van der Waals surface area contributed by atoms with Crippen LogP contribution < -0.4 is 10.9 Å². The number of azo groups is 1. The molecule has 9 heteroatoms. The fraction of sp³-hybridized carbons (Fsp3) is 0.154. The van der Waals surface area contributed by atoms with Crippen molar-refractivity contribution in [1.29, 1.82) is 0 Å². The maximum absolute atomic E-state index is 11.9. The minimum Gasteiger partial charge on any atom is -0.309 e. The van der Waals surface area contributed by atoms with Gasteiger partial charge in [-0.1, -0.05) is 11.6 Å². The van der Waals surface area contributed by atoms with Crippen molar-refractivity contribution in [1.82, 2.24) is 9.78 Å². The van der Waals surface area contributed by atoms with Crippen LogP contribution in [0.25, 0.3) is 0 Å². The number of aromatic nitrogens is 2. The lowest BCUT2D eigenvalue weighted by atomic mass is 10.3. The molecule has 1 aromatic carbocycles. The molecule has 0 aliphatic carbocycles. The third kappa shape index (κ3) is 3.47. The highest BCUT2D eigenvalue weighted by Gasteiger charge is 2.18. The SMILES string of the molecule is CC(=O)Nc1c(N=Nc2ccc(Cl)cc2)c(=O)[nH]n1C(C)=O. The van der Waals surface area contributed by atoms with Crippen LogP contribution >= 0.6 is 11.6 Å². The summed E-state index contributed by atoms with van der Waals surface area (Å²) >= 11 is 5.76. The van der Waals surface area contributed by atoms with Gasteiger partial charge in [0.05, 0.1) is 5.69 Å². The van der Waals surface area contributed by atoms with E-state index in [-0.39, 0.29) is 11.5 Å². The smallest absolute Gasteiger partial charge is 0.294 e. The summed E-state index contributed by atoms with van der Waals surface area (Å²) in [5.74, 6) is -0.978. The van der Waals surface area contributed by atoms with E-state index in [0.29, 0.717) is 10.7 Å². The van der Waals surface area contributed by atoms with Crippen LogP contribution in [-0.2, 0) is 4.79 Å². The Morgan fingerprint density at radius 1 is 1.18 bits per heavy atom. The number of halogens is 1. The molecule has 0 atom stereocenters. The number of nitrogens with one attached hydrogen (secondary N) is 2. The van der Waals surface area contributed by atoms with E-state index >= 15 is 0 Å². The minimum atomic E-state index is -0.642. The molecule has 2 rings (SSSR count). The van der Waals surface area contributed by atoms with Gasteiger partial charge in [0.15, 0.2) is 11.5 Å². The molecule has 0 bridgehead atoms. The number of hydrogen-bond donors (Lipinski definition) is 2. The van der Waals surface area contributed by atoms with Crippen molar-refractivity contribution < 1.29 is 9.59 Å². The monoisotopic (exact) mass is 321 g/mol. The molecular formula is C13H12ClN5O3. The van der Waals surface area contributed by atoms with Crippen LogP contribution in [0, 0.1) is 0 Å². The summed E-state index contributed by atoms with van der Waals surface area (Å²) in [6.45, 7) is 2.49. The van der Waals surface area contributed by atoms with Gasteiger partial charge in [0.2, 0.25) is 11.8 Å². The third-order valence-electron chi connectivity index (χ3n) is 2.58. The normalized spacial score (nSPS) is 10.9. The maximum atomic E-state index is 11.9. The number of amides is 1. The van der Waals surface area contributed by atoms with Crippen molar-refractivity contribution >= 4 is 40.6 Å². The topological polar surface area (TPSA) is 109 Å². The lowest BCUT2D eigenvalue weighted by molar-refractivity contribution is -0.114. The molecule has 0 saturated carbocycles. The van der Waals surface area contributed by atoms with Gasteiger partial charge in [0, 0.05) is 18.9 Å². The second-order valence-corrected chi connectivity index (χ2v) is 4.79. The van der Waals surface area contributed by atoms with E-state index in [9.17, 15) is 14.4 Å². The minimum absolute atomic E-state index is 0.0530. The van der Waals surface area contributed by atoms with Crippen LogP contribution in [0.1, 0.15) is 18.6 Å². The zero-order valence-corrected chi connectivity index (χ0v) is 12.5. The van der Waals surface area contributed by atoms with E-state index in [0.717, 1.165) is 4.68 Å². The number of nitrogens with zero attached hydrogens (tertiary/aromatic N) is 3. The summed E-state index contributed by atoms with van der Waals surface area (Å²) in [5.41, 5.74) is -0.342. The van der Waals surface area contributed by atoms with E-state index in [1.807, 2.05) is 0 Å². The highest BCUT2D eigenvalue weighted by molar-refractivity contribution is 6.30. The van der Waals surface area contributed by atoms with Crippen LogP contribution in [0.3, 0.4) is 0 Å². The first kappa shape index (κ1) is 15.6. The van der Waals surface area contributed by atoms with Gasteiger partial charge in [-0.15, -0.1) is 5.11 Å². The number of rotatable bonds is 3. The Labute approximate surface area is 129 Å². The Balaban J connectivity index is 2.45. The van der Waals surface area contributed by atoms with Gasteiger partial charge in [0.1, 0.15) is 0 Å². The summed E-state index contributed by atoms with van der Waals surface area (Å²) in [6.07, 6.45) is 0. The third-order valence-corrected chi connectivity index (χ3v) is 2.83. The summed E-state index contributed by atoms with van der Waals surface area (Å²) < 4.78 is 0.903. The molecule has 1 heterocycles. The number of carbonyl (C=O) groups excluding carboxylic acids is 2. The Morgan fingerprint density at radius 3 is 2.36 bits per heavy atom. The van der Waals surface area contributed by atoms with Crippen LogP contribution in [0.2, 0.25) is 5.02 Å². The first-order chi connectivity index (χ1) is 10.4. The molecule has 1 aromatic heterocycles. The number of hydrogen-bond acceptors (Lipinski definition) is 5. The lowest BCUT2D eigenvalue weighted by Gasteiger charge is -2.04. The molecule has 114 valence electrons. The first-order valence-electron chi connectivity index (χ1n) is 6.19. The van der Waals surface area contributed by atoms with Crippen molar-refractivity contribution in [2.75, 3.05) is 5.32 Å². The molecule has 8 nitrogen and oxygen atoms in total. The van der Waals surface area contributed by atoms with E-state index in [1.165, 1.54) is 13.8 Å². The molecule has 0 spiro atoms. The fourth-order valence-corrected chi connectivity index (χ4v) is 1.78. The van der Waals surface area contributed by atoms with Gasteiger partial charge in [-0.05, 0) is 24.3 Å². The number of anilines is 1. The van der Waals surface area contributed by atoms with Crippen LogP contribution in [0.4, 0.5) is 17.2 Å². The van der Waals surface area contributed by atoms with Gasteiger partial charge in [-0.3, -0.25) is 19.5 Å². The van der Waals surface area contributed by atoms with Gasteiger partial charge < -0.3 is 5.32 Å². The van der Waals surface area contributed by atoms with E-state index < -0.39 is 17.4 Å². The predicted octanol–water partition coefficient (Wildman–Crippen LogP) is 2.86. The molecule has 0 fully saturated rings. The zero-order chi connectivity index (χ0) is 16.3. The highest BCUT2D eigenvalue weighted by Crippen LogP contribution is 2.24. The Bertz CT molecular complexity index is 804. The molecule has 0 aliphatic heterocycles. The highest BCUT2D eigenvalue weighted by atomic mass is 35.5. The number of aromatic amines is 1. The van der Waals surface area contributed by atoms with Crippen molar-refractivity contribution in [3.63, 3.8) is 0 Å². The van der Waals surface area contributed by atoms with Crippen LogP contribution in [0.5, 0.6) is 0 Å².